The minimum atomic E-state index is -0.246. The molecule has 1 N–H and O–H groups in total. The van der Waals surface area contributed by atoms with Crippen LogP contribution in [0.15, 0.2) is 53.1 Å². The number of rotatable bonds is 4. The van der Waals surface area contributed by atoms with E-state index in [4.69, 9.17) is 9.15 Å². The Morgan fingerprint density at radius 1 is 1.28 bits per heavy atom. The number of aromatic nitrogens is 2. The fourth-order valence-electron chi connectivity index (χ4n) is 3.19. The van der Waals surface area contributed by atoms with E-state index in [9.17, 15) is 4.79 Å². The van der Waals surface area contributed by atoms with Gasteiger partial charge in [0.05, 0.1) is 12.2 Å². The van der Waals surface area contributed by atoms with Crippen LogP contribution >= 0.6 is 0 Å². The Morgan fingerprint density at radius 2 is 2.12 bits per heavy atom. The first-order valence-corrected chi connectivity index (χ1v) is 8.35. The van der Waals surface area contributed by atoms with Gasteiger partial charge >= 0.3 is 0 Å². The van der Waals surface area contributed by atoms with Gasteiger partial charge in [-0.3, -0.25) is 9.48 Å². The molecule has 2 aromatic heterocycles. The average molecular weight is 337 g/mol. The lowest BCUT2D eigenvalue weighted by atomic mass is 9.93. The molecular weight excluding hydrogens is 318 g/mol. The van der Waals surface area contributed by atoms with Crippen LogP contribution in [0.2, 0.25) is 0 Å². The van der Waals surface area contributed by atoms with E-state index in [0.29, 0.717) is 11.7 Å². The molecule has 0 fully saturated rings. The molecule has 0 aliphatic heterocycles. The number of nitrogens with zero attached hydrogens (tertiary/aromatic N) is 2. The maximum absolute atomic E-state index is 12.5. The molecule has 1 atom stereocenters. The number of benzene rings is 1. The highest BCUT2D eigenvalue weighted by Gasteiger charge is 2.26. The molecule has 4 rings (SSSR count). The summed E-state index contributed by atoms with van der Waals surface area (Å²) in [5.41, 5.74) is 2.28. The molecule has 3 aromatic rings. The quantitative estimate of drug-likeness (QED) is 0.789. The Bertz CT molecular complexity index is 882. The second-order valence-electron chi connectivity index (χ2n) is 6.12. The molecule has 0 radical (unpaired) electrons. The highest BCUT2D eigenvalue weighted by Crippen LogP contribution is 2.30. The van der Waals surface area contributed by atoms with Crippen LogP contribution in [0.1, 0.15) is 40.7 Å². The SMILES string of the molecule is Cn1ncc2c1CCC[C@H]2NC(=O)c1ccc(Oc2ccccc2)o1. The lowest BCUT2D eigenvalue weighted by Crippen LogP contribution is -2.30. The maximum atomic E-state index is 12.5. The van der Waals surface area contributed by atoms with E-state index in [0.717, 1.165) is 24.8 Å². The standard InChI is InChI=1S/C19H19N3O3/c1-22-16-9-5-8-15(14(16)12-20-22)21-19(23)17-10-11-18(25-17)24-13-6-3-2-4-7-13/h2-4,6-7,10-12,15H,5,8-9H2,1H3,(H,21,23)/t15-/m1/s1. The van der Waals surface area contributed by atoms with E-state index < -0.39 is 0 Å². The summed E-state index contributed by atoms with van der Waals surface area (Å²) in [5.74, 6) is 0.949. The first-order chi connectivity index (χ1) is 12.2. The molecule has 1 aliphatic carbocycles. The lowest BCUT2D eigenvalue weighted by Gasteiger charge is -2.23. The van der Waals surface area contributed by atoms with Crippen molar-refractivity contribution in [2.75, 3.05) is 0 Å². The Balaban J connectivity index is 1.46. The largest absolute Gasteiger partial charge is 0.426 e. The number of hydrogen-bond acceptors (Lipinski definition) is 4. The van der Waals surface area contributed by atoms with Gasteiger partial charge in [0.1, 0.15) is 5.75 Å². The molecule has 0 saturated carbocycles. The van der Waals surface area contributed by atoms with E-state index in [1.807, 2.05) is 48.3 Å². The number of amides is 1. The topological polar surface area (TPSA) is 69.3 Å². The molecule has 2 heterocycles. The van der Waals surface area contributed by atoms with E-state index in [2.05, 4.69) is 10.4 Å². The molecule has 128 valence electrons. The van der Waals surface area contributed by atoms with Gasteiger partial charge in [0.2, 0.25) is 0 Å². The Kier molecular flexibility index (Phi) is 4.01. The smallest absolute Gasteiger partial charge is 0.290 e. The van der Waals surface area contributed by atoms with Crippen molar-refractivity contribution < 1.29 is 13.9 Å². The van der Waals surface area contributed by atoms with Gasteiger partial charge in [-0.25, -0.2) is 0 Å². The van der Waals surface area contributed by atoms with Crippen LogP contribution in [-0.4, -0.2) is 15.7 Å². The van der Waals surface area contributed by atoms with Crippen molar-refractivity contribution in [3.63, 3.8) is 0 Å². The predicted molar refractivity (Wildman–Crippen MR) is 91.6 cm³/mol. The molecule has 25 heavy (non-hydrogen) atoms. The number of carbonyl (C=O) groups excluding carboxylic acids is 1. The molecular formula is C19H19N3O3. The molecule has 6 heteroatoms. The molecule has 1 amide bonds. The second kappa shape index (κ2) is 6.47. The average Bonchev–Trinajstić information content (AvgIpc) is 3.24. The van der Waals surface area contributed by atoms with Crippen molar-refractivity contribution >= 4 is 5.91 Å². The van der Waals surface area contributed by atoms with E-state index >= 15 is 0 Å². The number of para-hydroxylation sites is 1. The molecule has 0 unspecified atom stereocenters. The zero-order valence-corrected chi connectivity index (χ0v) is 13.9. The van der Waals surface area contributed by atoms with Gasteiger partial charge in [-0.15, -0.1) is 0 Å². The summed E-state index contributed by atoms with van der Waals surface area (Å²) in [7, 11) is 1.93. The summed E-state index contributed by atoms with van der Waals surface area (Å²) < 4.78 is 13.0. The molecule has 6 nitrogen and oxygen atoms in total. The highest BCUT2D eigenvalue weighted by atomic mass is 16.6. The number of ether oxygens (including phenoxy) is 1. The summed E-state index contributed by atoms with van der Waals surface area (Å²) in [6, 6.07) is 12.6. The second-order valence-corrected chi connectivity index (χ2v) is 6.12. The van der Waals surface area contributed by atoms with Gasteiger partial charge in [0, 0.05) is 24.4 Å². The first-order valence-electron chi connectivity index (χ1n) is 8.35. The summed E-state index contributed by atoms with van der Waals surface area (Å²) in [6.45, 7) is 0. The van der Waals surface area contributed by atoms with Crippen molar-refractivity contribution in [2.45, 2.75) is 25.3 Å². The minimum Gasteiger partial charge on any atom is -0.426 e. The molecule has 1 aliphatic rings. The number of fused-ring (bicyclic) bond motifs is 1. The highest BCUT2D eigenvalue weighted by molar-refractivity contribution is 5.91. The third-order valence-corrected chi connectivity index (χ3v) is 4.45. The normalized spacial score (nSPS) is 16.3. The summed E-state index contributed by atoms with van der Waals surface area (Å²) in [5, 5.41) is 7.34. The summed E-state index contributed by atoms with van der Waals surface area (Å²) in [4.78, 5) is 12.5. The fraction of sp³-hybridized carbons (Fsp3) is 0.263. The number of carbonyl (C=O) groups is 1. The lowest BCUT2D eigenvalue weighted by molar-refractivity contribution is 0.0899. The van der Waals surface area contributed by atoms with Gasteiger partial charge in [-0.1, -0.05) is 18.2 Å². The van der Waals surface area contributed by atoms with Crippen LogP contribution in [-0.2, 0) is 13.5 Å². The maximum Gasteiger partial charge on any atom is 0.290 e. The predicted octanol–water partition coefficient (Wildman–Crippen LogP) is 3.61. The van der Waals surface area contributed by atoms with Gasteiger partial charge < -0.3 is 14.5 Å². The molecule has 1 aromatic carbocycles. The first kappa shape index (κ1) is 15.5. The van der Waals surface area contributed by atoms with Crippen molar-refractivity contribution in [3.8, 4) is 11.7 Å². The third-order valence-electron chi connectivity index (χ3n) is 4.45. The van der Waals surface area contributed by atoms with Crippen molar-refractivity contribution in [1.29, 1.82) is 0 Å². The number of aryl methyl sites for hydroxylation is 1. The Hall–Kier alpha value is -3.02. The van der Waals surface area contributed by atoms with Gasteiger partial charge in [-0.2, -0.15) is 5.10 Å². The van der Waals surface area contributed by atoms with E-state index in [-0.39, 0.29) is 17.7 Å². The van der Waals surface area contributed by atoms with E-state index in [1.165, 1.54) is 5.69 Å². The van der Waals surface area contributed by atoms with Crippen LogP contribution in [0.5, 0.6) is 11.7 Å². The van der Waals surface area contributed by atoms with Crippen LogP contribution in [0, 0.1) is 0 Å². The van der Waals surface area contributed by atoms with Crippen molar-refractivity contribution in [3.05, 3.63) is 65.7 Å². The Labute approximate surface area is 145 Å². The minimum absolute atomic E-state index is 0.0338. The summed E-state index contributed by atoms with van der Waals surface area (Å²) >= 11 is 0. The molecule has 0 bridgehead atoms. The third kappa shape index (κ3) is 3.15. The van der Waals surface area contributed by atoms with Crippen molar-refractivity contribution in [1.82, 2.24) is 15.1 Å². The van der Waals surface area contributed by atoms with Gasteiger partial charge in [0.25, 0.3) is 11.9 Å². The molecule has 0 spiro atoms. The van der Waals surface area contributed by atoms with Crippen LogP contribution in [0.3, 0.4) is 0 Å². The van der Waals surface area contributed by atoms with Crippen LogP contribution < -0.4 is 10.1 Å². The van der Waals surface area contributed by atoms with E-state index in [1.54, 1.807) is 12.1 Å². The van der Waals surface area contributed by atoms with Gasteiger partial charge in [-0.05, 0) is 37.5 Å². The Morgan fingerprint density at radius 3 is 2.96 bits per heavy atom. The van der Waals surface area contributed by atoms with Crippen LogP contribution in [0.4, 0.5) is 0 Å². The number of hydrogen-bond donors (Lipinski definition) is 1. The van der Waals surface area contributed by atoms with Gasteiger partial charge in [0.15, 0.2) is 5.76 Å². The zero-order valence-electron chi connectivity index (χ0n) is 13.9. The number of nitrogens with one attached hydrogen (secondary N) is 1. The number of furan rings is 1. The van der Waals surface area contributed by atoms with Crippen molar-refractivity contribution in [2.24, 2.45) is 7.05 Å². The molecule has 0 saturated heterocycles. The fourth-order valence-corrected chi connectivity index (χ4v) is 3.19. The summed E-state index contributed by atoms with van der Waals surface area (Å²) in [6.07, 6.45) is 4.76. The van der Waals surface area contributed by atoms with Crippen LogP contribution in [0.25, 0.3) is 0 Å². The monoisotopic (exact) mass is 337 g/mol. The zero-order chi connectivity index (χ0) is 17.2.